The van der Waals surface area contributed by atoms with Crippen molar-refractivity contribution < 1.29 is 23.4 Å². The van der Waals surface area contributed by atoms with Crippen LogP contribution in [0.5, 0.6) is 5.75 Å². The standard InChI is InChI=1S/C9H10F3NO2/c10-9(11,12)8(15,5-13)6-1-3-7(14)4-2-6/h1-4,14-15H,5,13H2. The highest BCUT2D eigenvalue weighted by atomic mass is 19.4. The van der Waals surface area contributed by atoms with E-state index in [-0.39, 0.29) is 5.75 Å². The maximum atomic E-state index is 12.5. The predicted molar refractivity (Wildman–Crippen MR) is 47.1 cm³/mol. The Labute approximate surface area is 84.0 Å². The molecule has 0 aromatic heterocycles. The Balaban J connectivity index is 3.18. The first-order valence-corrected chi connectivity index (χ1v) is 4.10. The van der Waals surface area contributed by atoms with Gasteiger partial charge in [-0.05, 0) is 17.7 Å². The van der Waals surface area contributed by atoms with Crippen LogP contribution in [0, 0.1) is 0 Å². The second-order valence-corrected chi connectivity index (χ2v) is 3.11. The zero-order valence-corrected chi connectivity index (χ0v) is 7.62. The SMILES string of the molecule is NCC(O)(c1ccc(O)cc1)C(F)(F)F. The summed E-state index contributed by atoms with van der Waals surface area (Å²) in [6, 6.07) is 4.08. The summed E-state index contributed by atoms with van der Waals surface area (Å²) in [6.45, 7) is -0.971. The van der Waals surface area contributed by atoms with Gasteiger partial charge in [-0.3, -0.25) is 0 Å². The molecule has 1 aromatic carbocycles. The van der Waals surface area contributed by atoms with Gasteiger partial charge in [0.05, 0.1) is 0 Å². The number of phenolic OH excluding ortho intramolecular Hbond substituents is 1. The molecule has 0 saturated carbocycles. The average molecular weight is 221 g/mol. The summed E-state index contributed by atoms with van der Waals surface area (Å²) in [5, 5.41) is 18.3. The van der Waals surface area contributed by atoms with Crippen LogP contribution >= 0.6 is 0 Å². The first-order valence-electron chi connectivity index (χ1n) is 4.10. The molecule has 1 atom stereocenters. The number of nitrogens with two attached hydrogens (primary N) is 1. The Morgan fingerprint density at radius 2 is 1.60 bits per heavy atom. The molecule has 3 nitrogen and oxygen atoms in total. The minimum Gasteiger partial charge on any atom is -0.508 e. The molecule has 0 heterocycles. The average Bonchev–Trinajstić information content (AvgIpc) is 2.16. The van der Waals surface area contributed by atoms with E-state index in [1.165, 1.54) is 0 Å². The fraction of sp³-hybridized carbons (Fsp3) is 0.333. The zero-order valence-electron chi connectivity index (χ0n) is 7.62. The third-order valence-electron chi connectivity index (χ3n) is 2.11. The highest BCUT2D eigenvalue weighted by Crippen LogP contribution is 2.38. The van der Waals surface area contributed by atoms with Crippen molar-refractivity contribution in [3.8, 4) is 5.75 Å². The molecule has 6 heteroatoms. The lowest BCUT2D eigenvalue weighted by molar-refractivity contribution is -0.262. The van der Waals surface area contributed by atoms with E-state index in [0.717, 1.165) is 24.3 Å². The molecular weight excluding hydrogens is 211 g/mol. The summed E-state index contributed by atoms with van der Waals surface area (Å²) >= 11 is 0. The molecule has 0 bridgehead atoms. The Morgan fingerprint density at radius 3 is 1.93 bits per heavy atom. The normalized spacial score (nSPS) is 16.1. The van der Waals surface area contributed by atoms with Gasteiger partial charge in [-0.1, -0.05) is 12.1 Å². The number of aliphatic hydroxyl groups is 1. The molecule has 84 valence electrons. The van der Waals surface area contributed by atoms with Crippen LogP contribution in [-0.4, -0.2) is 22.9 Å². The Morgan fingerprint density at radius 1 is 1.13 bits per heavy atom. The third-order valence-corrected chi connectivity index (χ3v) is 2.11. The van der Waals surface area contributed by atoms with Crippen molar-refractivity contribution in [1.29, 1.82) is 0 Å². The van der Waals surface area contributed by atoms with Crippen molar-refractivity contribution in [2.75, 3.05) is 6.54 Å². The maximum absolute atomic E-state index is 12.5. The van der Waals surface area contributed by atoms with Crippen LogP contribution in [0.4, 0.5) is 13.2 Å². The van der Waals surface area contributed by atoms with Gasteiger partial charge >= 0.3 is 6.18 Å². The number of hydrogen-bond acceptors (Lipinski definition) is 3. The van der Waals surface area contributed by atoms with E-state index in [4.69, 9.17) is 10.8 Å². The van der Waals surface area contributed by atoms with E-state index in [0.29, 0.717) is 0 Å². The molecule has 0 aliphatic heterocycles. The number of rotatable bonds is 2. The highest BCUT2D eigenvalue weighted by Gasteiger charge is 2.53. The first-order chi connectivity index (χ1) is 6.81. The fourth-order valence-electron chi connectivity index (χ4n) is 1.13. The fourth-order valence-corrected chi connectivity index (χ4v) is 1.13. The van der Waals surface area contributed by atoms with E-state index in [1.807, 2.05) is 0 Å². The van der Waals surface area contributed by atoms with Crippen LogP contribution < -0.4 is 5.73 Å². The van der Waals surface area contributed by atoms with Gasteiger partial charge in [-0.2, -0.15) is 13.2 Å². The number of benzene rings is 1. The van der Waals surface area contributed by atoms with Gasteiger partial charge in [0.15, 0.2) is 5.60 Å². The first kappa shape index (κ1) is 11.8. The number of aromatic hydroxyl groups is 1. The molecule has 0 radical (unpaired) electrons. The highest BCUT2D eigenvalue weighted by molar-refractivity contribution is 5.31. The van der Waals surface area contributed by atoms with Crippen molar-refractivity contribution in [2.24, 2.45) is 5.73 Å². The molecule has 0 saturated heterocycles. The van der Waals surface area contributed by atoms with Gasteiger partial charge in [0, 0.05) is 6.54 Å². The Kier molecular flexibility index (Phi) is 2.92. The number of hydrogen-bond donors (Lipinski definition) is 3. The largest absolute Gasteiger partial charge is 0.508 e. The molecule has 0 aliphatic carbocycles. The monoisotopic (exact) mass is 221 g/mol. The second kappa shape index (κ2) is 3.71. The van der Waals surface area contributed by atoms with E-state index < -0.39 is 23.9 Å². The van der Waals surface area contributed by atoms with Crippen molar-refractivity contribution >= 4 is 0 Å². The van der Waals surface area contributed by atoms with E-state index in [9.17, 15) is 18.3 Å². The summed E-state index contributed by atoms with van der Waals surface area (Å²) in [4.78, 5) is 0. The number of alkyl halides is 3. The van der Waals surface area contributed by atoms with Crippen LogP contribution in [-0.2, 0) is 5.60 Å². The van der Waals surface area contributed by atoms with E-state index in [2.05, 4.69) is 0 Å². The molecule has 0 aliphatic rings. The van der Waals surface area contributed by atoms with Gasteiger partial charge in [0.25, 0.3) is 0 Å². The number of halogens is 3. The summed E-state index contributed by atoms with van der Waals surface area (Å²) in [7, 11) is 0. The lowest BCUT2D eigenvalue weighted by Gasteiger charge is -2.29. The lowest BCUT2D eigenvalue weighted by Crippen LogP contribution is -2.48. The molecule has 1 rings (SSSR count). The minimum absolute atomic E-state index is 0.180. The molecule has 0 amide bonds. The smallest absolute Gasteiger partial charge is 0.422 e. The third kappa shape index (κ3) is 2.05. The quantitative estimate of drug-likeness (QED) is 0.700. The molecule has 15 heavy (non-hydrogen) atoms. The van der Waals surface area contributed by atoms with Crippen molar-refractivity contribution in [1.82, 2.24) is 0 Å². The van der Waals surface area contributed by atoms with Gasteiger partial charge < -0.3 is 15.9 Å². The second-order valence-electron chi connectivity index (χ2n) is 3.11. The van der Waals surface area contributed by atoms with Crippen molar-refractivity contribution in [3.63, 3.8) is 0 Å². The number of phenols is 1. The van der Waals surface area contributed by atoms with Crippen molar-refractivity contribution in [2.45, 2.75) is 11.8 Å². The molecule has 0 spiro atoms. The van der Waals surface area contributed by atoms with Gasteiger partial charge in [-0.25, -0.2) is 0 Å². The van der Waals surface area contributed by atoms with E-state index >= 15 is 0 Å². The van der Waals surface area contributed by atoms with Crippen LogP contribution in [0.3, 0.4) is 0 Å². The minimum atomic E-state index is -4.85. The summed E-state index contributed by atoms with van der Waals surface area (Å²) in [5.41, 5.74) is 1.47. The van der Waals surface area contributed by atoms with Gasteiger partial charge in [-0.15, -0.1) is 0 Å². The predicted octanol–water partition coefficient (Wildman–Crippen LogP) is 1.10. The Hall–Kier alpha value is -1.27. The maximum Gasteiger partial charge on any atom is 0.422 e. The van der Waals surface area contributed by atoms with Crippen LogP contribution in [0.2, 0.25) is 0 Å². The molecule has 1 aromatic rings. The lowest BCUT2D eigenvalue weighted by atomic mass is 9.93. The summed E-state index contributed by atoms with van der Waals surface area (Å²) in [6.07, 6.45) is -4.85. The summed E-state index contributed by atoms with van der Waals surface area (Å²) in [5.74, 6) is -0.180. The van der Waals surface area contributed by atoms with Gasteiger partial charge in [0.1, 0.15) is 5.75 Å². The van der Waals surface area contributed by atoms with Gasteiger partial charge in [0.2, 0.25) is 0 Å². The molecule has 1 unspecified atom stereocenters. The zero-order chi connectivity index (χ0) is 11.7. The van der Waals surface area contributed by atoms with Crippen LogP contribution in [0.1, 0.15) is 5.56 Å². The molecule has 4 N–H and O–H groups in total. The molecular formula is C9H10F3NO2. The van der Waals surface area contributed by atoms with E-state index in [1.54, 1.807) is 0 Å². The van der Waals surface area contributed by atoms with Crippen LogP contribution in [0.15, 0.2) is 24.3 Å². The topological polar surface area (TPSA) is 66.5 Å². The van der Waals surface area contributed by atoms with Crippen LogP contribution in [0.25, 0.3) is 0 Å². The Bertz CT molecular complexity index is 336. The summed E-state index contributed by atoms with van der Waals surface area (Å²) < 4.78 is 37.5. The molecule has 0 fully saturated rings. The van der Waals surface area contributed by atoms with Crippen molar-refractivity contribution in [3.05, 3.63) is 29.8 Å².